The minimum absolute atomic E-state index is 0.942. The normalized spacial score (nSPS) is 11.5. The molecule has 0 aromatic rings. The van der Waals surface area contributed by atoms with Gasteiger partial charge < -0.3 is 15.5 Å². The largest absolute Gasteiger partial charge is 0.518 e. The van der Waals surface area contributed by atoms with E-state index in [2.05, 4.69) is 5.73 Å². The summed E-state index contributed by atoms with van der Waals surface area (Å²) < 4.78 is 19.5. The first-order valence-electron chi connectivity index (χ1n) is 2.17. The van der Waals surface area contributed by atoms with Crippen LogP contribution in [0.1, 0.15) is 0 Å². The SMILES string of the molecule is CN.O=[P+](O)CP(=O)(O)O. The maximum Gasteiger partial charge on any atom is 0.518 e. The van der Waals surface area contributed by atoms with Crippen molar-refractivity contribution in [1.29, 1.82) is 0 Å². The van der Waals surface area contributed by atoms with Gasteiger partial charge in [0, 0.05) is 0 Å². The molecule has 0 spiro atoms. The van der Waals surface area contributed by atoms with Crippen molar-refractivity contribution >= 4 is 15.6 Å². The van der Waals surface area contributed by atoms with Crippen LogP contribution in [0.5, 0.6) is 0 Å². The van der Waals surface area contributed by atoms with E-state index in [9.17, 15) is 9.13 Å². The molecule has 0 aliphatic carbocycles. The molecule has 0 bridgehead atoms. The lowest BCUT2D eigenvalue weighted by molar-refractivity contribution is 0.377. The van der Waals surface area contributed by atoms with E-state index in [4.69, 9.17) is 14.7 Å². The number of hydrogen-bond acceptors (Lipinski definition) is 3. The van der Waals surface area contributed by atoms with Crippen LogP contribution >= 0.6 is 15.6 Å². The molecule has 6 nitrogen and oxygen atoms in total. The number of rotatable bonds is 2. The minimum atomic E-state index is -4.26. The monoisotopic (exact) mass is 190 g/mol. The summed E-state index contributed by atoms with van der Waals surface area (Å²) in [6, 6.07) is 0. The summed E-state index contributed by atoms with van der Waals surface area (Å²) in [4.78, 5) is 23.8. The third-order valence-electron chi connectivity index (χ3n) is 0.305. The van der Waals surface area contributed by atoms with Crippen LogP contribution in [0.3, 0.4) is 0 Å². The van der Waals surface area contributed by atoms with Crippen LogP contribution in [0.2, 0.25) is 0 Å². The highest BCUT2D eigenvalue weighted by molar-refractivity contribution is 7.64. The Hall–Kier alpha value is 0.170. The topological polar surface area (TPSA) is 121 Å². The summed E-state index contributed by atoms with van der Waals surface area (Å²) in [6.45, 7) is 0. The van der Waals surface area contributed by atoms with Gasteiger partial charge in [-0.15, -0.1) is 0 Å². The summed E-state index contributed by atoms with van der Waals surface area (Å²) >= 11 is 0. The van der Waals surface area contributed by atoms with E-state index in [1.54, 1.807) is 0 Å². The molecule has 0 radical (unpaired) electrons. The molecule has 10 heavy (non-hydrogen) atoms. The Morgan fingerprint density at radius 2 is 1.80 bits per heavy atom. The van der Waals surface area contributed by atoms with Crippen molar-refractivity contribution in [3.8, 4) is 0 Å². The van der Waals surface area contributed by atoms with Gasteiger partial charge in [0.25, 0.3) is 5.90 Å². The highest BCUT2D eigenvalue weighted by Gasteiger charge is 2.27. The van der Waals surface area contributed by atoms with E-state index in [1.165, 1.54) is 7.05 Å². The van der Waals surface area contributed by atoms with Gasteiger partial charge in [-0.1, -0.05) is 0 Å². The molecule has 8 heteroatoms. The molecule has 0 aliphatic heterocycles. The van der Waals surface area contributed by atoms with Gasteiger partial charge in [0.15, 0.2) is 0 Å². The lowest BCUT2D eigenvalue weighted by Gasteiger charge is -1.88. The average molecular weight is 190 g/mol. The predicted molar refractivity (Wildman–Crippen MR) is 36.8 cm³/mol. The number of nitrogens with two attached hydrogens (primary N) is 1. The van der Waals surface area contributed by atoms with E-state index in [0.717, 1.165) is 0 Å². The standard InChI is InChI=1S/CH5N.CH4O5P2/c1-2;2-7(3)1-8(4,5)6/h2H2,1H3;1H2,(H2-,2,3,4,5,6)/p+1. The van der Waals surface area contributed by atoms with Crippen LogP contribution in [0.4, 0.5) is 0 Å². The maximum absolute atomic E-state index is 9.79. The quantitative estimate of drug-likeness (QED) is 0.432. The molecule has 0 saturated heterocycles. The van der Waals surface area contributed by atoms with E-state index >= 15 is 0 Å². The minimum Gasteiger partial charge on any atom is -0.333 e. The molecule has 0 rings (SSSR count). The lowest BCUT2D eigenvalue weighted by Crippen LogP contribution is -1.78. The molecule has 1 unspecified atom stereocenters. The highest BCUT2D eigenvalue weighted by atomic mass is 31.2. The van der Waals surface area contributed by atoms with E-state index < -0.39 is 21.5 Å². The summed E-state index contributed by atoms with van der Waals surface area (Å²) in [5.41, 5.74) is 4.50. The smallest absolute Gasteiger partial charge is 0.333 e. The van der Waals surface area contributed by atoms with Crippen molar-refractivity contribution < 1.29 is 23.8 Å². The molecular weight excluding hydrogens is 180 g/mol. The maximum atomic E-state index is 9.79. The van der Waals surface area contributed by atoms with Gasteiger partial charge in [0.05, 0.1) is 0 Å². The van der Waals surface area contributed by atoms with E-state index in [1.807, 2.05) is 0 Å². The van der Waals surface area contributed by atoms with E-state index in [0.29, 0.717) is 0 Å². The van der Waals surface area contributed by atoms with Gasteiger partial charge in [0.1, 0.15) is 0 Å². The van der Waals surface area contributed by atoms with Crippen LogP contribution in [-0.4, -0.2) is 27.6 Å². The first-order valence-corrected chi connectivity index (χ1v) is 5.37. The molecule has 0 aromatic heterocycles. The third kappa shape index (κ3) is 15.7. The fraction of sp³-hybridized carbons (Fsp3) is 1.00. The molecule has 0 aliphatic rings. The van der Waals surface area contributed by atoms with Crippen LogP contribution in [0.15, 0.2) is 0 Å². The Balaban J connectivity index is 0. The third-order valence-corrected chi connectivity index (χ3v) is 2.75. The summed E-state index contributed by atoms with van der Waals surface area (Å²) in [7, 11) is -5.46. The van der Waals surface area contributed by atoms with Gasteiger partial charge in [-0.3, -0.25) is 4.57 Å². The fourth-order valence-electron chi connectivity index (χ4n) is 0.158. The second-order valence-corrected chi connectivity index (χ2v) is 4.32. The molecular formula is C2H10NO5P2+. The zero-order valence-corrected chi connectivity index (χ0v) is 7.13. The molecule has 62 valence electrons. The first-order chi connectivity index (χ1) is 4.42. The first kappa shape index (κ1) is 12.8. The Bertz CT molecular complexity index is 141. The second-order valence-electron chi connectivity index (χ2n) is 1.16. The summed E-state index contributed by atoms with van der Waals surface area (Å²) in [6.07, 6.45) is 0. The van der Waals surface area contributed by atoms with Crippen LogP contribution in [-0.2, 0) is 9.13 Å². The zero-order valence-electron chi connectivity index (χ0n) is 5.34. The average Bonchev–Trinajstić information content (AvgIpc) is 1.64. The molecule has 0 fully saturated rings. The van der Waals surface area contributed by atoms with Gasteiger partial charge in [-0.2, -0.15) is 4.89 Å². The molecule has 0 heterocycles. The van der Waals surface area contributed by atoms with Crippen molar-refractivity contribution in [2.45, 2.75) is 0 Å². The van der Waals surface area contributed by atoms with Crippen molar-refractivity contribution in [3.63, 3.8) is 0 Å². The van der Waals surface area contributed by atoms with Crippen LogP contribution in [0.25, 0.3) is 0 Å². The molecule has 0 saturated carbocycles. The number of hydrogen-bond donors (Lipinski definition) is 4. The lowest BCUT2D eigenvalue weighted by atomic mass is 11.6. The van der Waals surface area contributed by atoms with Crippen molar-refractivity contribution in [2.75, 3.05) is 13.0 Å². The van der Waals surface area contributed by atoms with Crippen LogP contribution < -0.4 is 5.73 Å². The molecule has 0 amide bonds. The fourth-order valence-corrected chi connectivity index (χ4v) is 1.42. The molecule has 5 N–H and O–H groups in total. The Morgan fingerprint density at radius 3 is 1.80 bits per heavy atom. The second kappa shape index (κ2) is 5.92. The Labute approximate surface area is 59.1 Å². The predicted octanol–water partition coefficient (Wildman–Crippen LogP) is -0.569. The Morgan fingerprint density at radius 1 is 1.50 bits per heavy atom. The molecule has 1 atom stereocenters. The summed E-state index contributed by atoms with van der Waals surface area (Å²) in [5, 5.41) is 0. The van der Waals surface area contributed by atoms with Crippen molar-refractivity contribution in [2.24, 2.45) is 5.73 Å². The Kier molecular flexibility index (Phi) is 7.58. The van der Waals surface area contributed by atoms with Gasteiger partial charge >= 0.3 is 15.6 Å². The highest BCUT2D eigenvalue weighted by Crippen LogP contribution is 2.42. The summed E-state index contributed by atoms with van der Waals surface area (Å²) in [5.74, 6) is -0.942. The van der Waals surface area contributed by atoms with Gasteiger partial charge in [0.2, 0.25) is 0 Å². The van der Waals surface area contributed by atoms with Gasteiger partial charge in [-0.25, -0.2) is 0 Å². The van der Waals surface area contributed by atoms with Crippen molar-refractivity contribution in [1.82, 2.24) is 0 Å². The van der Waals surface area contributed by atoms with Gasteiger partial charge in [-0.05, 0) is 11.6 Å². The van der Waals surface area contributed by atoms with Crippen LogP contribution in [0, 0.1) is 0 Å². The van der Waals surface area contributed by atoms with Crippen molar-refractivity contribution in [3.05, 3.63) is 0 Å². The van der Waals surface area contributed by atoms with E-state index in [-0.39, 0.29) is 0 Å². The molecule has 0 aromatic carbocycles. The zero-order chi connectivity index (χ0) is 8.78.